The number of fused-ring (bicyclic) bond motifs is 1. The summed E-state index contributed by atoms with van der Waals surface area (Å²) in [5, 5.41) is 2.90. The third kappa shape index (κ3) is 3.23. The number of para-hydroxylation sites is 1. The smallest absolute Gasteiger partial charge is 0.224 e. The summed E-state index contributed by atoms with van der Waals surface area (Å²) in [5.41, 5.74) is 4.14. The summed E-state index contributed by atoms with van der Waals surface area (Å²) in [6, 6.07) is 16.1. The summed E-state index contributed by atoms with van der Waals surface area (Å²) >= 11 is 5.67. The van der Waals surface area contributed by atoms with Crippen LogP contribution in [-0.2, 0) is 17.6 Å². The van der Waals surface area contributed by atoms with Crippen LogP contribution in [0.15, 0.2) is 60.9 Å². The SMILES string of the molecule is O=C1CCc2cc(C(=S)Cc3nccn3-c3ccccc3)ccc2N1. The number of hydrogen-bond acceptors (Lipinski definition) is 3. The number of hydrogen-bond donors (Lipinski definition) is 1. The molecule has 1 aromatic heterocycles. The van der Waals surface area contributed by atoms with Gasteiger partial charge in [-0.25, -0.2) is 4.98 Å². The molecule has 0 bridgehead atoms. The maximum atomic E-state index is 11.5. The van der Waals surface area contributed by atoms with E-state index in [2.05, 4.69) is 33.1 Å². The lowest BCUT2D eigenvalue weighted by atomic mass is 9.98. The molecule has 3 aromatic rings. The molecule has 1 amide bonds. The molecule has 0 saturated heterocycles. The number of carbonyl (C=O) groups excluding carboxylic acids is 1. The highest BCUT2D eigenvalue weighted by molar-refractivity contribution is 7.80. The monoisotopic (exact) mass is 347 g/mol. The van der Waals surface area contributed by atoms with Gasteiger partial charge in [0, 0.05) is 41.5 Å². The normalized spacial score (nSPS) is 13.2. The van der Waals surface area contributed by atoms with Gasteiger partial charge >= 0.3 is 0 Å². The number of benzene rings is 2. The van der Waals surface area contributed by atoms with Gasteiger partial charge < -0.3 is 9.88 Å². The number of carbonyl (C=O) groups is 1. The van der Waals surface area contributed by atoms with Crippen molar-refractivity contribution in [2.24, 2.45) is 0 Å². The zero-order chi connectivity index (χ0) is 17.2. The van der Waals surface area contributed by atoms with Crippen molar-refractivity contribution in [3.63, 3.8) is 0 Å². The summed E-state index contributed by atoms with van der Waals surface area (Å²) in [5.74, 6) is 0.995. The van der Waals surface area contributed by atoms with Crippen LogP contribution in [0.25, 0.3) is 5.69 Å². The number of nitrogens with zero attached hydrogens (tertiary/aromatic N) is 2. The molecule has 124 valence electrons. The second kappa shape index (κ2) is 6.61. The molecule has 25 heavy (non-hydrogen) atoms. The number of imidazole rings is 1. The Kier molecular flexibility index (Phi) is 4.15. The van der Waals surface area contributed by atoms with Gasteiger partial charge in [0.1, 0.15) is 5.82 Å². The molecule has 0 saturated carbocycles. The van der Waals surface area contributed by atoms with E-state index < -0.39 is 0 Å². The molecule has 2 heterocycles. The molecule has 0 atom stereocenters. The Hall–Kier alpha value is -2.79. The molecule has 1 N–H and O–H groups in total. The van der Waals surface area contributed by atoms with Crippen LogP contribution in [0.4, 0.5) is 5.69 Å². The number of rotatable bonds is 4. The van der Waals surface area contributed by atoms with Crippen LogP contribution < -0.4 is 5.32 Å². The van der Waals surface area contributed by atoms with Gasteiger partial charge in [-0.3, -0.25) is 4.79 Å². The number of amides is 1. The van der Waals surface area contributed by atoms with Crippen molar-refractivity contribution in [1.82, 2.24) is 9.55 Å². The molecule has 5 heteroatoms. The Morgan fingerprint density at radius 3 is 2.84 bits per heavy atom. The van der Waals surface area contributed by atoms with Crippen molar-refractivity contribution in [3.8, 4) is 5.69 Å². The van der Waals surface area contributed by atoms with Crippen LogP contribution in [0.5, 0.6) is 0 Å². The van der Waals surface area contributed by atoms with Gasteiger partial charge in [0.25, 0.3) is 0 Å². The molecule has 4 rings (SSSR count). The van der Waals surface area contributed by atoms with E-state index >= 15 is 0 Å². The van der Waals surface area contributed by atoms with Crippen molar-refractivity contribution in [2.75, 3.05) is 5.32 Å². The highest BCUT2D eigenvalue weighted by Gasteiger charge is 2.16. The third-order valence-corrected chi connectivity index (χ3v) is 4.77. The molecule has 2 aromatic carbocycles. The highest BCUT2D eigenvalue weighted by Crippen LogP contribution is 2.24. The fourth-order valence-corrected chi connectivity index (χ4v) is 3.35. The molecule has 1 aliphatic rings. The van der Waals surface area contributed by atoms with Gasteiger partial charge in [-0.2, -0.15) is 0 Å². The topological polar surface area (TPSA) is 46.9 Å². The predicted molar refractivity (Wildman–Crippen MR) is 102 cm³/mol. The Morgan fingerprint density at radius 2 is 2.00 bits per heavy atom. The quantitative estimate of drug-likeness (QED) is 0.578. The average Bonchev–Trinajstić information content (AvgIpc) is 3.10. The molecule has 0 radical (unpaired) electrons. The number of anilines is 1. The first-order valence-electron chi connectivity index (χ1n) is 8.24. The van der Waals surface area contributed by atoms with Crippen molar-refractivity contribution >= 4 is 28.7 Å². The number of thiocarbonyl (C=S) groups is 1. The lowest BCUT2D eigenvalue weighted by molar-refractivity contribution is -0.116. The standard InChI is InChI=1S/C20H17N3OS/c24-20-9-7-14-12-15(6-8-17(14)22-20)18(25)13-19-21-10-11-23(19)16-4-2-1-3-5-16/h1-6,8,10-12H,7,9,13H2,(H,22,24). The van der Waals surface area contributed by atoms with E-state index in [1.807, 2.05) is 36.5 Å². The summed E-state index contributed by atoms with van der Waals surface area (Å²) in [7, 11) is 0. The summed E-state index contributed by atoms with van der Waals surface area (Å²) in [6.07, 6.45) is 5.64. The average molecular weight is 347 g/mol. The second-order valence-electron chi connectivity index (χ2n) is 6.07. The van der Waals surface area contributed by atoms with Crippen LogP contribution in [-0.4, -0.2) is 20.3 Å². The molecule has 0 unspecified atom stereocenters. The van der Waals surface area contributed by atoms with Gasteiger partial charge in [0.15, 0.2) is 0 Å². The minimum Gasteiger partial charge on any atom is -0.326 e. The first kappa shape index (κ1) is 15.7. The first-order chi connectivity index (χ1) is 12.2. The van der Waals surface area contributed by atoms with Crippen molar-refractivity contribution in [1.29, 1.82) is 0 Å². The Labute approximate surface area is 151 Å². The lowest BCUT2D eigenvalue weighted by Crippen LogP contribution is -2.19. The summed E-state index contributed by atoms with van der Waals surface area (Å²) in [6.45, 7) is 0. The largest absolute Gasteiger partial charge is 0.326 e. The number of nitrogens with one attached hydrogen (secondary N) is 1. The second-order valence-corrected chi connectivity index (χ2v) is 6.56. The van der Waals surface area contributed by atoms with E-state index in [0.29, 0.717) is 12.8 Å². The lowest BCUT2D eigenvalue weighted by Gasteiger charge is -2.18. The van der Waals surface area contributed by atoms with Gasteiger partial charge in [0.2, 0.25) is 5.91 Å². The maximum Gasteiger partial charge on any atom is 0.224 e. The van der Waals surface area contributed by atoms with E-state index in [1.54, 1.807) is 6.20 Å². The van der Waals surface area contributed by atoms with E-state index in [9.17, 15) is 4.79 Å². The zero-order valence-electron chi connectivity index (χ0n) is 13.6. The van der Waals surface area contributed by atoms with Gasteiger partial charge in [-0.15, -0.1) is 0 Å². The van der Waals surface area contributed by atoms with Crippen LogP contribution in [0.2, 0.25) is 0 Å². The first-order valence-corrected chi connectivity index (χ1v) is 8.65. The summed E-state index contributed by atoms with van der Waals surface area (Å²) in [4.78, 5) is 16.8. The van der Waals surface area contributed by atoms with Crippen LogP contribution >= 0.6 is 12.2 Å². The van der Waals surface area contributed by atoms with E-state index in [-0.39, 0.29) is 5.91 Å². The Balaban J connectivity index is 1.58. The molecule has 4 nitrogen and oxygen atoms in total. The predicted octanol–water partition coefficient (Wildman–Crippen LogP) is 3.72. The summed E-state index contributed by atoms with van der Waals surface area (Å²) < 4.78 is 2.06. The fraction of sp³-hybridized carbons (Fsp3) is 0.150. The zero-order valence-corrected chi connectivity index (χ0v) is 14.4. The van der Waals surface area contributed by atoms with E-state index in [4.69, 9.17) is 12.2 Å². The van der Waals surface area contributed by atoms with Crippen molar-refractivity contribution in [2.45, 2.75) is 19.3 Å². The number of aryl methyl sites for hydroxylation is 1. The van der Waals surface area contributed by atoms with Gasteiger partial charge in [-0.1, -0.05) is 36.5 Å². The minimum atomic E-state index is 0.0766. The van der Waals surface area contributed by atoms with Crippen molar-refractivity contribution in [3.05, 3.63) is 77.9 Å². The number of aromatic nitrogens is 2. The van der Waals surface area contributed by atoms with Crippen LogP contribution in [0.3, 0.4) is 0 Å². The molecule has 0 fully saturated rings. The third-order valence-electron chi connectivity index (χ3n) is 4.39. The minimum absolute atomic E-state index is 0.0766. The molecule has 1 aliphatic heterocycles. The van der Waals surface area contributed by atoms with Crippen LogP contribution in [0.1, 0.15) is 23.4 Å². The van der Waals surface area contributed by atoms with Gasteiger partial charge in [0.05, 0.1) is 0 Å². The fourth-order valence-electron chi connectivity index (χ4n) is 3.09. The Morgan fingerprint density at radius 1 is 1.16 bits per heavy atom. The van der Waals surface area contributed by atoms with Gasteiger partial charge in [-0.05, 0) is 41.8 Å². The van der Waals surface area contributed by atoms with Crippen LogP contribution in [0, 0.1) is 0 Å². The maximum absolute atomic E-state index is 11.5. The van der Waals surface area contributed by atoms with E-state index in [0.717, 1.165) is 39.6 Å². The van der Waals surface area contributed by atoms with E-state index in [1.165, 1.54) is 0 Å². The highest BCUT2D eigenvalue weighted by atomic mass is 32.1. The van der Waals surface area contributed by atoms with Crippen molar-refractivity contribution < 1.29 is 4.79 Å². The Bertz CT molecular complexity index is 947. The molecule has 0 aliphatic carbocycles. The molecule has 0 spiro atoms. The molecular weight excluding hydrogens is 330 g/mol. The molecular formula is C20H17N3OS.